The number of benzene rings is 1. The lowest BCUT2D eigenvalue weighted by Crippen LogP contribution is -2.06. The van der Waals surface area contributed by atoms with Gasteiger partial charge in [0.15, 0.2) is 11.6 Å². The van der Waals surface area contributed by atoms with Crippen LogP contribution in [-0.4, -0.2) is 0 Å². The zero-order valence-corrected chi connectivity index (χ0v) is 6.81. The lowest BCUT2D eigenvalue weighted by atomic mass is 10.0. The van der Waals surface area contributed by atoms with E-state index in [1.165, 1.54) is 12.1 Å². The summed E-state index contributed by atoms with van der Waals surface area (Å²) in [5.41, 5.74) is 8.08. The minimum absolute atomic E-state index is 0.414. The van der Waals surface area contributed by atoms with Gasteiger partial charge in [-0.2, -0.15) is 10.5 Å². The maximum atomic E-state index is 13.0. The summed E-state index contributed by atoms with van der Waals surface area (Å²) in [5, 5.41) is 17.0. The second-order valence-electron chi connectivity index (χ2n) is 2.43. The monoisotopic (exact) mass is 194 g/mol. The molecule has 0 bridgehead atoms. The van der Waals surface area contributed by atoms with E-state index in [2.05, 4.69) is 0 Å². The van der Waals surface area contributed by atoms with E-state index in [-0.39, 0.29) is 0 Å². The third-order valence-electron chi connectivity index (χ3n) is 1.68. The smallest absolute Gasteiger partial charge is 0.185 e. The predicted molar refractivity (Wildman–Crippen MR) is 44.6 cm³/mol. The fraction of sp³-hybridized carbons (Fsp3) is 0. The Morgan fingerprint density at radius 3 is 1.79 bits per heavy atom. The molecule has 14 heavy (non-hydrogen) atoms. The van der Waals surface area contributed by atoms with Gasteiger partial charge in [0.05, 0.1) is 16.9 Å². The Bertz CT molecular complexity index is 437. The normalized spacial score (nSPS) is 9.14. The largest absolute Gasteiger partial charge is 0.396 e. The van der Waals surface area contributed by atoms with Crippen LogP contribution in [0.15, 0.2) is 0 Å². The van der Waals surface area contributed by atoms with E-state index >= 15 is 0 Å². The van der Waals surface area contributed by atoms with Gasteiger partial charge in [0.2, 0.25) is 0 Å². The summed E-state index contributed by atoms with van der Waals surface area (Å²) in [6, 6.07) is 2.84. The van der Waals surface area contributed by atoms with Crippen molar-refractivity contribution in [3.8, 4) is 12.1 Å². The van der Waals surface area contributed by atoms with Gasteiger partial charge in [0.25, 0.3) is 0 Å². The highest BCUT2D eigenvalue weighted by molar-refractivity contribution is 5.75. The topological polar surface area (TPSA) is 99.6 Å². The van der Waals surface area contributed by atoms with E-state index in [4.69, 9.17) is 22.0 Å². The molecule has 0 aliphatic heterocycles. The summed E-state index contributed by atoms with van der Waals surface area (Å²) in [4.78, 5) is 0. The summed E-state index contributed by atoms with van der Waals surface area (Å²) in [6.07, 6.45) is 0. The van der Waals surface area contributed by atoms with Crippen molar-refractivity contribution in [1.82, 2.24) is 0 Å². The maximum Gasteiger partial charge on any atom is 0.185 e. The molecule has 0 atom stereocenters. The third kappa shape index (κ3) is 1.10. The van der Waals surface area contributed by atoms with Crippen molar-refractivity contribution in [1.29, 1.82) is 10.5 Å². The summed E-state index contributed by atoms with van der Waals surface area (Å²) in [7, 11) is 0. The van der Waals surface area contributed by atoms with Gasteiger partial charge in [-0.05, 0) is 0 Å². The van der Waals surface area contributed by atoms with E-state index in [1.54, 1.807) is 0 Å². The van der Waals surface area contributed by atoms with Crippen molar-refractivity contribution in [2.45, 2.75) is 0 Å². The molecule has 0 aromatic heterocycles. The van der Waals surface area contributed by atoms with Crippen LogP contribution in [0.3, 0.4) is 0 Å². The number of anilines is 2. The van der Waals surface area contributed by atoms with Gasteiger partial charge >= 0.3 is 0 Å². The molecule has 4 nitrogen and oxygen atoms in total. The van der Waals surface area contributed by atoms with Crippen LogP contribution in [-0.2, 0) is 0 Å². The average Bonchev–Trinajstić information content (AvgIpc) is 2.20. The Balaban J connectivity index is 3.79. The van der Waals surface area contributed by atoms with Gasteiger partial charge in [0.1, 0.15) is 17.7 Å². The van der Waals surface area contributed by atoms with Crippen LogP contribution in [0.2, 0.25) is 0 Å². The molecule has 0 heterocycles. The van der Waals surface area contributed by atoms with Crippen LogP contribution in [0.5, 0.6) is 0 Å². The lowest BCUT2D eigenvalue weighted by molar-refractivity contribution is 0.510. The van der Waals surface area contributed by atoms with E-state index in [0.717, 1.165) is 0 Å². The molecule has 0 saturated carbocycles. The molecular weight excluding hydrogens is 190 g/mol. The summed E-state index contributed by atoms with van der Waals surface area (Å²) >= 11 is 0. The third-order valence-corrected chi connectivity index (χ3v) is 1.68. The molecule has 0 unspecified atom stereocenters. The number of halogens is 2. The number of nitrogens with two attached hydrogens (primary N) is 2. The van der Waals surface area contributed by atoms with Crippen LogP contribution < -0.4 is 11.5 Å². The van der Waals surface area contributed by atoms with Crippen LogP contribution >= 0.6 is 0 Å². The maximum absolute atomic E-state index is 13.0. The van der Waals surface area contributed by atoms with Crippen molar-refractivity contribution in [2.24, 2.45) is 0 Å². The Morgan fingerprint density at radius 1 is 0.857 bits per heavy atom. The SMILES string of the molecule is N#Cc1c(N)c(N)c(F)c(F)c1C#N. The first-order valence-corrected chi connectivity index (χ1v) is 3.40. The second kappa shape index (κ2) is 3.19. The minimum Gasteiger partial charge on any atom is -0.396 e. The van der Waals surface area contributed by atoms with E-state index in [0.29, 0.717) is 0 Å². The Hall–Kier alpha value is -2.34. The fourth-order valence-electron chi connectivity index (χ4n) is 0.946. The number of rotatable bonds is 0. The van der Waals surface area contributed by atoms with Gasteiger partial charge in [-0.15, -0.1) is 0 Å². The molecule has 0 aliphatic rings. The Labute approximate surface area is 78.0 Å². The molecule has 70 valence electrons. The van der Waals surface area contributed by atoms with Crippen LogP contribution in [0.25, 0.3) is 0 Å². The quantitative estimate of drug-likeness (QED) is 0.598. The van der Waals surface area contributed by atoms with Crippen LogP contribution in [0, 0.1) is 34.3 Å². The summed E-state index contributed by atoms with van der Waals surface area (Å²) in [6.45, 7) is 0. The Kier molecular flexibility index (Phi) is 2.22. The number of nitriles is 2. The highest BCUT2D eigenvalue weighted by Crippen LogP contribution is 2.29. The van der Waals surface area contributed by atoms with Crippen LogP contribution in [0.1, 0.15) is 11.1 Å². The molecule has 0 fully saturated rings. The van der Waals surface area contributed by atoms with Crippen molar-refractivity contribution < 1.29 is 8.78 Å². The van der Waals surface area contributed by atoms with Gasteiger partial charge in [-0.25, -0.2) is 8.78 Å². The standard InChI is InChI=1S/C8H4F2N4/c9-5-3(1-11)4(2-12)7(13)8(14)6(5)10/h13-14H2. The van der Waals surface area contributed by atoms with Crippen LogP contribution in [0.4, 0.5) is 20.2 Å². The highest BCUT2D eigenvalue weighted by atomic mass is 19.2. The molecule has 6 heteroatoms. The zero-order valence-electron chi connectivity index (χ0n) is 6.81. The molecule has 0 amide bonds. The molecule has 0 spiro atoms. The first-order chi connectivity index (χ1) is 6.54. The minimum atomic E-state index is -1.45. The summed E-state index contributed by atoms with van der Waals surface area (Å²) in [5.74, 6) is -2.85. The van der Waals surface area contributed by atoms with Crippen molar-refractivity contribution in [2.75, 3.05) is 11.5 Å². The number of hydrogen-bond donors (Lipinski definition) is 2. The highest BCUT2D eigenvalue weighted by Gasteiger charge is 2.21. The number of hydrogen-bond acceptors (Lipinski definition) is 4. The molecule has 1 aromatic carbocycles. The second-order valence-corrected chi connectivity index (χ2v) is 2.43. The lowest BCUT2D eigenvalue weighted by Gasteiger charge is -2.06. The van der Waals surface area contributed by atoms with Gasteiger partial charge in [-0.1, -0.05) is 0 Å². The molecule has 1 rings (SSSR count). The van der Waals surface area contributed by atoms with Gasteiger partial charge < -0.3 is 11.5 Å². The van der Waals surface area contributed by atoms with Gasteiger partial charge in [-0.3, -0.25) is 0 Å². The first kappa shape index (κ1) is 9.75. The number of nitrogen functional groups attached to an aromatic ring is 2. The van der Waals surface area contributed by atoms with Crippen molar-refractivity contribution >= 4 is 11.4 Å². The molecule has 0 aliphatic carbocycles. The zero-order chi connectivity index (χ0) is 10.9. The first-order valence-electron chi connectivity index (χ1n) is 3.40. The molecular formula is C8H4F2N4. The van der Waals surface area contributed by atoms with E-state index < -0.39 is 34.1 Å². The summed E-state index contributed by atoms with van der Waals surface area (Å²) < 4.78 is 25.9. The van der Waals surface area contributed by atoms with Gasteiger partial charge in [0, 0.05) is 0 Å². The fourth-order valence-corrected chi connectivity index (χ4v) is 0.946. The van der Waals surface area contributed by atoms with E-state index in [1.807, 2.05) is 0 Å². The van der Waals surface area contributed by atoms with E-state index in [9.17, 15) is 8.78 Å². The average molecular weight is 194 g/mol. The predicted octanol–water partition coefficient (Wildman–Crippen LogP) is 0.873. The Morgan fingerprint density at radius 2 is 1.36 bits per heavy atom. The molecule has 0 saturated heterocycles. The molecule has 4 N–H and O–H groups in total. The molecule has 1 aromatic rings. The van der Waals surface area contributed by atoms with Crippen molar-refractivity contribution in [3.63, 3.8) is 0 Å². The number of nitrogens with zero attached hydrogens (tertiary/aromatic N) is 2. The molecule has 0 radical (unpaired) electrons. The van der Waals surface area contributed by atoms with Crippen molar-refractivity contribution in [3.05, 3.63) is 22.8 Å².